The smallest absolute Gasteiger partial charge is 0.256 e. The van der Waals surface area contributed by atoms with Crippen molar-refractivity contribution in [3.8, 4) is 17.0 Å². The number of pyridine rings is 1. The Kier molecular flexibility index (Phi) is 4.67. The van der Waals surface area contributed by atoms with Gasteiger partial charge in [0.2, 0.25) is 0 Å². The van der Waals surface area contributed by atoms with Crippen LogP contribution in [0.3, 0.4) is 0 Å². The Morgan fingerprint density at radius 3 is 2.75 bits per heavy atom. The van der Waals surface area contributed by atoms with Gasteiger partial charge in [-0.25, -0.2) is 9.97 Å². The van der Waals surface area contributed by atoms with Gasteiger partial charge in [0.1, 0.15) is 17.9 Å². The Hall–Kier alpha value is -2.99. The van der Waals surface area contributed by atoms with E-state index < -0.39 is 0 Å². The molecule has 2 aromatic heterocycles. The van der Waals surface area contributed by atoms with Crippen LogP contribution in [0.4, 0.5) is 5.82 Å². The number of rotatable bonds is 4. The lowest BCUT2D eigenvalue weighted by Crippen LogP contribution is -2.13. The average Bonchev–Trinajstić information content (AvgIpc) is 2.62. The molecule has 2 heterocycles. The fraction of sp³-hybridized carbons (Fsp3) is 0.0588. The lowest BCUT2D eigenvalue weighted by molar-refractivity contribution is 0.102. The first-order chi connectivity index (χ1) is 11.7. The van der Waals surface area contributed by atoms with Gasteiger partial charge < -0.3 is 10.1 Å². The van der Waals surface area contributed by atoms with Gasteiger partial charge in [-0.2, -0.15) is 0 Å². The number of aromatic nitrogens is 3. The van der Waals surface area contributed by atoms with Crippen molar-refractivity contribution in [2.24, 2.45) is 0 Å². The molecule has 0 aliphatic heterocycles. The Bertz CT molecular complexity index is 871. The molecule has 24 heavy (non-hydrogen) atoms. The molecule has 1 aromatic carbocycles. The number of anilines is 1. The van der Waals surface area contributed by atoms with Crippen LogP contribution in [0.1, 0.15) is 10.4 Å². The molecule has 0 unspecified atom stereocenters. The summed E-state index contributed by atoms with van der Waals surface area (Å²) < 4.78 is 5.39. The molecule has 0 bridgehead atoms. The summed E-state index contributed by atoms with van der Waals surface area (Å²) in [5, 5.41) is 3.20. The molecule has 1 amide bonds. The molecule has 3 rings (SSSR count). The number of hydrogen-bond acceptors (Lipinski definition) is 5. The van der Waals surface area contributed by atoms with Gasteiger partial charge in [-0.15, -0.1) is 0 Å². The first-order valence-corrected chi connectivity index (χ1v) is 7.43. The van der Waals surface area contributed by atoms with Crippen LogP contribution in [-0.2, 0) is 0 Å². The topological polar surface area (TPSA) is 77.0 Å². The van der Waals surface area contributed by atoms with Crippen LogP contribution >= 0.6 is 11.6 Å². The molecule has 3 aromatic rings. The lowest BCUT2D eigenvalue weighted by atomic mass is 10.1. The first kappa shape index (κ1) is 15.9. The molecule has 7 heteroatoms. The first-order valence-electron chi connectivity index (χ1n) is 7.05. The second kappa shape index (κ2) is 7.06. The highest BCUT2D eigenvalue weighted by Gasteiger charge is 2.14. The summed E-state index contributed by atoms with van der Waals surface area (Å²) in [5.74, 6) is 0.627. The third-order valence-electron chi connectivity index (χ3n) is 3.30. The number of benzene rings is 1. The highest BCUT2D eigenvalue weighted by Crippen LogP contribution is 2.33. The normalized spacial score (nSPS) is 10.2. The van der Waals surface area contributed by atoms with Crippen LogP contribution in [0.15, 0.2) is 55.1 Å². The van der Waals surface area contributed by atoms with Crippen LogP contribution in [-0.4, -0.2) is 28.0 Å². The monoisotopic (exact) mass is 340 g/mol. The van der Waals surface area contributed by atoms with Crippen LogP contribution in [0.5, 0.6) is 5.75 Å². The van der Waals surface area contributed by atoms with Gasteiger partial charge in [-0.05, 0) is 36.4 Å². The largest absolute Gasteiger partial charge is 0.496 e. The molecular formula is C17H13ClN4O2. The van der Waals surface area contributed by atoms with E-state index >= 15 is 0 Å². The Morgan fingerprint density at radius 2 is 2.04 bits per heavy atom. The summed E-state index contributed by atoms with van der Waals surface area (Å²) >= 11 is 6.19. The zero-order chi connectivity index (χ0) is 16.9. The summed E-state index contributed by atoms with van der Waals surface area (Å²) in [6.07, 6.45) is 4.56. The van der Waals surface area contributed by atoms with E-state index in [9.17, 15) is 4.79 Å². The van der Waals surface area contributed by atoms with Crippen molar-refractivity contribution >= 4 is 23.3 Å². The van der Waals surface area contributed by atoms with Gasteiger partial charge in [-0.3, -0.25) is 9.78 Å². The number of ether oxygens (including phenoxy) is 1. The van der Waals surface area contributed by atoms with Gasteiger partial charge in [-0.1, -0.05) is 11.6 Å². The average molecular weight is 341 g/mol. The zero-order valence-corrected chi connectivity index (χ0v) is 13.5. The van der Waals surface area contributed by atoms with E-state index in [1.807, 2.05) is 0 Å². The molecule has 0 spiro atoms. The van der Waals surface area contributed by atoms with E-state index in [1.54, 1.807) is 48.8 Å². The predicted octanol–water partition coefficient (Wildman–Crippen LogP) is 3.45. The quantitative estimate of drug-likeness (QED) is 0.787. The Balaban J connectivity index is 1.92. The van der Waals surface area contributed by atoms with Crippen molar-refractivity contribution in [1.82, 2.24) is 15.0 Å². The molecule has 6 nitrogen and oxygen atoms in total. The second-order valence-corrected chi connectivity index (χ2v) is 5.20. The van der Waals surface area contributed by atoms with Crippen molar-refractivity contribution in [3.05, 3.63) is 65.7 Å². The van der Waals surface area contributed by atoms with Crippen LogP contribution < -0.4 is 10.1 Å². The molecule has 120 valence electrons. The molecule has 0 atom stereocenters. The molecular weight excluding hydrogens is 328 g/mol. The third kappa shape index (κ3) is 3.33. The number of halogens is 1. The maximum absolute atomic E-state index is 12.3. The van der Waals surface area contributed by atoms with Gasteiger partial charge in [0, 0.05) is 23.5 Å². The summed E-state index contributed by atoms with van der Waals surface area (Å²) in [7, 11) is 1.53. The highest BCUT2D eigenvalue weighted by atomic mass is 35.5. The fourth-order valence-corrected chi connectivity index (χ4v) is 2.39. The number of carbonyl (C=O) groups excluding carboxylic acids is 1. The van der Waals surface area contributed by atoms with Gasteiger partial charge in [0.25, 0.3) is 5.91 Å². The number of nitrogens with zero attached hydrogens (tertiary/aromatic N) is 3. The third-order valence-corrected chi connectivity index (χ3v) is 3.61. The number of hydrogen-bond donors (Lipinski definition) is 1. The summed E-state index contributed by atoms with van der Waals surface area (Å²) in [4.78, 5) is 24.4. The minimum absolute atomic E-state index is 0.300. The molecule has 0 radical (unpaired) electrons. The zero-order valence-electron chi connectivity index (χ0n) is 12.7. The van der Waals surface area contributed by atoms with E-state index in [4.69, 9.17) is 16.3 Å². The highest BCUT2D eigenvalue weighted by molar-refractivity contribution is 6.33. The molecule has 1 N–H and O–H groups in total. The van der Waals surface area contributed by atoms with Crippen LogP contribution in [0, 0.1) is 0 Å². The number of nitrogens with one attached hydrogen (secondary N) is 1. The molecule has 0 saturated carbocycles. The molecule has 0 fully saturated rings. The summed E-state index contributed by atoms with van der Waals surface area (Å²) in [5.41, 5.74) is 1.74. The van der Waals surface area contributed by atoms with E-state index in [1.165, 1.54) is 13.4 Å². The minimum atomic E-state index is -0.300. The Labute approximate surface area is 143 Å². The maximum Gasteiger partial charge on any atom is 0.256 e. The summed E-state index contributed by atoms with van der Waals surface area (Å²) in [6.45, 7) is 0. The van der Waals surface area contributed by atoms with Gasteiger partial charge in [0.05, 0.1) is 17.8 Å². The van der Waals surface area contributed by atoms with E-state index in [-0.39, 0.29) is 5.91 Å². The van der Waals surface area contributed by atoms with Crippen molar-refractivity contribution in [2.45, 2.75) is 0 Å². The number of amides is 1. The molecule has 0 aliphatic rings. The maximum atomic E-state index is 12.3. The molecule has 0 aliphatic carbocycles. The van der Waals surface area contributed by atoms with E-state index in [2.05, 4.69) is 20.3 Å². The second-order valence-electron chi connectivity index (χ2n) is 4.80. The van der Waals surface area contributed by atoms with Crippen molar-refractivity contribution in [1.29, 1.82) is 0 Å². The van der Waals surface area contributed by atoms with Crippen molar-refractivity contribution < 1.29 is 9.53 Å². The number of carbonyl (C=O) groups is 1. The van der Waals surface area contributed by atoms with Crippen molar-refractivity contribution in [2.75, 3.05) is 12.4 Å². The standard InChI is InChI=1S/C17H13ClN4O2/c1-24-14-9-11(17(23)22-15-6-8-19-10-21-15)4-5-12(14)16-13(18)3-2-7-20-16/h2-10H,1H3,(H,19,21,22,23). The number of methoxy groups -OCH3 is 1. The van der Waals surface area contributed by atoms with Gasteiger partial charge >= 0.3 is 0 Å². The Morgan fingerprint density at radius 1 is 1.17 bits per heavy atom. The lowest BCUT2D eigenvalue weighted by Gasteiger charge is -2.11. The van der Waals surface area contributed by atoms with Crippen LogP contribution in [0.2, 0.25) is 5.02 Å². The minimum Gasteiger partial charge on any atom is -0.496 e. The fourth-order valence-electron chi connectivity index (χ4n) is 2.17. The van der Waals surface area contributed by atoms with E-state index in [0.29, 0.717) is 33.4 Å². The SMILES string of the molecule is COc1cc(C(=O)Nc2ccncn2)ccc1-c1ncccc1Cl. The van der Waals surface area contributed by atoms with Gasteiger partial charge in [0.15, 0.2) is 0 Å². The summed E-state index contributed by atoms with van der Waals surface area (Å²) in [6, 6.07) is 10.2. The van der Waals surface area contributed by atoms with Crippen molar-refractivity contribution in [3.63, 3.8) is 0 Å². The predicted molar refractivity (Wildman–Crippen MR) is 91.2 cm³/mol. The van der Waals surface area contributed by atoms with Crippen LogP contribution in [0.25, 0.3) is 11.3 Å². The van der Waals surface area contributed by atoms with E-state index in [0.717, 1.165) is 0 Å². The molecule has 0 saturated heterocycles.